The number of carbonyl (C=O) groups excluding carboxylic acids is 2. The van der Waals surface area contributed by atoms with E-state index in [1.54, 1.807) is 30.9 Å². The molecular formula is C20H24N6O2. The summed E-state index contributed by atoms with van der Waals surface area (Å²) < 4.78 is 1.70. The molecule has 0 aliphatic heterocycles. The molecule has 0 saturated carbocycles. The third kappa shape index (κ3) is 4.28. The second kappa shape index (κ2) is 8.08. The lowest BCUT2D eigenvalue weighted by Crippen LogP contribution is -2.31. The topological polar surface area (TPSA) is 92.1 Å². The Bertz CT molecular complexity index is 1020. The summed E-state index contributed by atoms with van der Waals surface area (Å²) >= 11 is 0. The molecule has 0 radical (unpaired) electrons. The van der Waals surface area contributed by atoms with E-state index >= 15 is 0 Å². The largest absolute Gasteiger partial charge is 0.345 e. The van der Waals surface area contributed by atoms with Crippen LogP contribution in [0.15, 0.2) is 36.4 Å². The molecule has 1 aromatic heterocycles. The Morgan fingerprint density at radius 3 is 2.57 bits per heavy atom. The Balaban J connectivity index is 1.58. The van der Waals surface area contributed by atoms with Crippen molar-refractivity contribution in [2.24, 2.45) is 0 Å². The van der Waals surface area contributed by atoms with Crippen LogP contribution >= 0.6 is 0 Å². The smallest absolute Gasteiger partial charge is 0.319 e. The Morgan fingerprint density at radius 1 is 1.07 bits per heavy atom. The van der Waals surface area contributed by atoms with Gasteiger partial charge in [0.1, 0.15) is 5.52 Å². The lowest BCUT2D eigenvalue weighted by atomic mass is 10.1. The van der Waals surface area contributed by atoms with E-state index in [9.17, 15) is 9.59 Å². The van der Waals surface area contributed by atoms with Crippen LogP contribution in [0.1, 0.15) is 21.5 Å². The molecule has 0 fully saturated rings. The van der Waals surface area contributed by atoms with Crippen molar-refractivity contribution in [1.82, 2.24) is 25.2 Å². The molecule has 3 rings (SSSR count). The fraction of sp³-hybridized carbons (Fsp3) is 0.300. The number of anilines is 1. The van der Waals surface area contributed by atoms with E-state index in [1.807, 2.05) is 38.1 Å². The average molecular weight is 380 g/mol. The number of nitrogens with one attached hydrogen (secondary N) is 2. The van der Waals surface area contributed by atoms with E-state index in [-0.39, 0.29) is 11.9 Å². The van der Waals surface area contributed by atoms with Crippen molar-refractivity contribution in [2.75, 3.05) is 26.0 Å². The van der Waals surface area contributed by atoms with Crippen LogP contribution in [0.4, 0.5) is 10.5 Å². The maximum absolute atomic E-state index is 12.1. The molecule has 146 valence electrons. The van der Waals surface area contributed by atoms with Crippen LogP contribution in [-0.2, 0) is 6.54 Å². The maximum atomic E-state index is 12.1. The summed E-state index contributed by atoms with van der Waals surface area (Å²) in [5, 5.41) is 13.9. The van der Waals surface area contributed by atoms with E-state index in [0.29, 0.717) is 24.2 Å². The highest BCUT2D eigenvalue weighted by Crippen LogP contribution is 2.15. The van der Waals surface area contributed by atoms with Crippen molar-refractivity contribution in [2.45, 2.75) is 20.4 Å². The Morgan fingerprint density at radius 2 is 1.86 bits per heavy atom. The zero-order chi connectivity index (χ0) is 20.3. The third-order valence-corrected chi connectivity index (χ3v) is 4.54. The minimum atomic E-state index is -0.272. The third-order valence-electron chi connectivity index (χ3n) is 4.54. The first-order valence-corrected chi connectivity index (χ1v) is 9.02. The number of aryl methyl sites for hydroxylation is 2. The van der Waals surface area contributed by atoms with Crippen LogP contribution < -0.4 is 10.6 Å². The van der Waals surface area contributed by atoms with Gasteiger partial charge in [0.2, 0.25) is 0 Å². The van der Waals surface area contributed by atoms with Gasteiger partial charge < -0.3 is 15.5 Å². The molecule has 0 aliphatic rings. The lowest BCUT2D eigenvalue weighted by molar-refractivity contribution is 0.0827. The first-order chi connectivity index (χ1) is 13.3. The first kappa shape index (κ1) is 19.3. The SMILES string of the molecule is Cc1ccc(NC(=O)NCCn2nnc3cc(C(=O)N(C)C)ccc32)cc1C. The Labute approximate surface area is 163 Å². The number of rotatable bonds is 5. The summed E-state index contributed by atoms with van der Waals surface area (Å²) in [4.78, 5) is 25.6. The van der Waals surface area contributed by atoms with Crippen molar-refractivity contribution in [3.8, 4) is 0 Å². The van der Waals surface area contributed by atoms with Crippen molar-refractivity contribution in [1.29, 1.82) is 0 Å². The van der Waals surface area contributed by atoms with Crippen LogP contribution in [0.3, 0.4) is 0 Å². The highest BCUT2D eigenvalue weighted by Gasteiger charge is 2.12. The second-order valence-corrected chi connectivity index (χ2v) is 6.90. The number of benzene rings is 2. The minimum Gasteiger partial charge on any atom is -0.345 e. The molecule has 3 aromatic rings. The maximum Gasteiger partial charge on any atom is 0.319 e. The van der Waals surface area contributed by atoms with Gasteiger partial charge in [-0.3, -0.25) is 4.79 Å². The molecule has 0 bridgehead atoms. The number of hydrogen-bond acceptors (Lipinski definition) is 4. The van der Waals surface area contributed by atoms with Crippen molar-refractivity contribution >= 4 is 28.7 Å². The lowest BCUT2D eigenvalue weighted by Gasteiger charge is -2.10. The fourth-order valence-electron chi connectivity index (χ4n) is 2.80. The molecule has 0 unspecified atom stereocenters. The number of amides is 3. The molecule has 2 aromatic carbocycles. The van der Waals surface area contributed by atoms with Crippen LogP contribution in [0.25, 0.3) is 11.0 Å². The summed E-state index contributed by atoms with van der Waals surface area (Å²) in [6.45, 7) is 4.90. The molecule has 8 nitrogen and oxygen atoms in total. The number of aromatic nitrogens is 3. The van der Waals surface area contributed by atoms with E-state index < -0.39 is 0 Å². The minimum absolute atomic E-state index is 0.0823. The number of urea groups is 1. The molecule has 1 heterocycles. The van der Waals surface area contributed by atoms with Crippen molar-refractivity contribution in [3.63, 3.8) is 0 Å². The summed E-state index contributed by atoms with van der Waals surface area (Å²) in [6.07, 6.45) is 0. The van der Waals surface area contributed by atoms with Gasteiger partial charge in [-0.1, -0.05) is 11.3 Å². The summed E-state index contributed by atoms with van der Waals surface area (Å²) in [7, 11) is 3.41. The Kier molecular flexibility index (Phi) is 5.58. The van der Waals surface area contributed by atoms with E-state index in [4.69, 9.17) is 0 Å². The fourth-order valence-corrected chi connectivity index (χ4v) is 2.80. The number of hydrogen-bond donors (Lipinski definition) is 2. The van der Waals surface area contributed by atoms with Crippen LogP contribution in [0.2, 0.25) is 0 Å². The zero-order valence-electron chi connectivity index (χ0n) is 16.5. The standard InChI is InChI=1S/C20H24N6O2/c1-13-5-7-16(11-14(13)2)22-20(28)21-9-10-26-18-8-6-15(19(27)25(3)4)12-17(18)23-24-26/h5-8,11-12H,9-10H2,1-4H3,(H2,21,22,28). The van der Waals surface area contributed by atoms with Gasteiger partial charge in [-0.15, -0.1) is 5.10 Å². The molecule has 8 heteroatoms. The molecular weight excluding hydrogens is 356 g/mol. The monoisotopic (exact) mass is 380 g/mol. The second-order valence-electron chi connectivity index (χ2n) is 6.90. The average Bonchev–Trinajstić information content (AvgIpc) is 3.06. The number of carbonyl (C=O) groups is 2. The normalized spacial score (nSPS) is 10.7. The summed E-state index contributed by atoms with van der Waals surface area (Å²) in [5.41, 5.74) is 5.08. The van der Waals surface area contributed by atoms with E-state index in [2.05, 4.69) is 20.9 Å². The molecule has 28 heavy (non-hydrogen) atoms. The van der Waals surface area contributed by atoms with Gasteiger partial charge in [-0.2, -0.15) is 0 Å². The van der Waals surface area contributed by atoms with Gasteiger partial charge in [0.15, 0.2) is 0 Å². The van der Waals surface area contributed by atoms with Gasteiger partial charge in [-0.25, -0.2) is 9.48 Å². The van der Waals surface area contributed by atoms with E-state index in [0.717, 1.165) is 16.8 Å². The molecule has 0 spiro atoms. The highest BCUT2D eigenvalue weighted by atomic mass is 16.2. The van der Waals surface area contributed by atoms with Gasteiger partial charge in [0.25, 0.3) is 5.91 Å². The van der Waals surface area contributed by atoms with Crippen molar-refractivity contribution in [3.05, 3.63) is 53.1 Å². The quantitative estimate of drug-likeness (QED) is 0.712. The predicted octanol–water partition coefficient (Wildman–Crippen LogP) is 2.57. The van der Waals surface area contributed by atoms with Crippen LogP contribution in [0, 0.1) is 13.8 Å². The van der Waals surface area contributed by atoms with Gasteiger partial charge in [0.05, 0.1) is 12.1 Å². The Hall–Kier alpha value is -3.42. The number of fused-ring (bicyclic) bond motifs is 1. The molecule has 3 amide bonds. The molecule has 0 aliphatic carbocycles. The molecule has 0 saturated heterocycles. The van der Waals surface area contributed by atoms with E-state index in [1.165, 1.54) is 10.5 Å². The van der Waals surface area contributed by atoms with Gasteiger partial charge >= 0.3 is 6.03 Å². The predicted molar refractivity (Wildman–Crippen MR) is 108 cm³/mol. The summed E-state index contributed by atoms with van der Waals surface area (Å²) in [6, 6.07) is 10.8. The van der Waals surface area contributed by atoms with Gasteiger partial charge in [-0.05, 0) is 55.3 Å². The van der Waals surface area contributed by atoms with Crippen LogP contribution in [-0.4, -0.2) is 52.5 Å². The molecule has 0 atom stereocenters. The van der Waals surface area contributed by atoms with Crippen LogP contribution in [0.5, 0.6) is 0 Å². The zero-order valence-corrected chi connectivity index (χ0v) is 16.5. The number of nitrogens with zero attached hydrogens (tertiary/aromatic N) is 4. The highest BCUT2D eigenvalue weighted by molar-refractivity contribution is 5.97. The van der Waals surface area contributed by atoms with Gasteiger partial charge in [0, 0.05) is 31.9 Å². The van der Waals surface area contributed by atoms with Crippen molar-refractivity contribution < 1.29 is 9.59 Å². The summed E-state index contributed by atoms with van der Waals surface area (Å²) in [5.74, 6) is -0.0823. The molecule has 2 N–H and O–H groups in total. The first-order valence-electron chi connectivity index (χ1n) is 9.02.